The van der Waals surface area contributed by atoms with E-state index in [0.717, 1.165) is 11.1 Å². The smallest absolute Gasteiger partial charge is 0.254 e. The van der Waals surface area contributed by atoms with E-state index in [1.807, 2.05) is 43.3 Å². The van der Waals surface area contributed by atoms with E-state index in [4.69, 9.17) is 23.7 Å². The Bertz CT molecular complexity index is 1560. The molecule has 0 aromatic heterocycles. The van der Waals surface area contributed by atoms with Gasteiger partial charge in [0.1, 0.15) is 17.2 Å². The Morgan fingerprint density at radius 3 is 2.75 bits per heavy atom. The van der Waals surface area contributed by atoms with Crippen molar-refractivity contribution in [1.29, 1.82) is 0 Å². The Hall–Kier alpha value is -4.77. The van der Waals surface area contributed by atoms with Gasteiger partial charge in [-0.25, -0.2) is 0 Å². The van der Waals surface area contributed by atoms with Gasteiger partial charge in [0.05, 0.1) is 38.3 Å². The van der Waals surface area contributed by atoms with Crippen LogP contribution in [0.5, 0.6) is 28.7 Å². The number of carbonyl (C=O) groups is 3. The topological polar surface area (TPSA) is 116 Å². The van der Waals surface area contributed by atoms with E-state index in [0.29, 0.717) is 60.5 Å². The zero-order valence-corrected chi connectivity index (χ0v) is 24.7. The minimum atomic E-state index is -0.472. The number of amides is 3. The van der Waals surface area contributed by atoms with Gasteiger partial charge in [0.2, 0.25) is 18.6 Å². The van der Waals surface area contributed by atoms with Crippen LogP contribution < -0.4 is 24.3 Å². The number of hydrogen-bond acceptors (Lipinski definition) is 8. The molecule has 1 fully saturated rings. The molecular formula is C33H35N3O8. The first-order valence-electron chi connectivity index (χ1n) is 14.7. The first kappa shape index (κ1) is 29.3. The van der Waals surface area contributed by atoms with Gasteiger partial charge in [-0.15, -0.1) is 0 Å². The summed E-state index contributed by atoms with van der Waals surface area (Å²) in [6, 6.07) is 17.5. The number of piperidine rings is 1. The molecule has 44 heavy (non-hydrogen) atoms. The zero-order chi connectivity index (χ0) is 30.6. The fourth-order valence-corrected chi connectivity index (χ4v) is 5.63. The fourth-order valence-electron chi connectivity index (χ4n) is 5.63. The normalized spacial score (nSPS) is 20.0. The lowest BCUT2D eigenvalue weighted by molar-refractivity contribution is -0.136. The van der Waals surface area contributed by atoms with Gasteiger partial charge in [0.25, 0.3) is 5.91 Å². The number of fused-ring (bicyclic) bond motifs is 6. The van der Waals surface area contributed by atoms with Crippen LogP contribution in [0.25, 0.3) is 0 Å². The minimum Gasteiger partial charge on any atom is -0.494 e. The summed E-state index contributed by atoms with van der Waals surface area (Å²) < 4.78 is 29.0. The molecule has 0 saturated carbocycles. The number of ether oxygens (including phenoxy) is 5. The summed E-state index contributed by atoms with van der Waals surface area (Å²) in [5.74, 6) is 2.04. The van der Waals surface area contributed by atoms with Crippen molar-refractivity contribution in [3.05, 3.63) is 77.4 Å². The summed E-state index contributed by atoms with van der Waals surface area (Å²) in [5.41, 5.74) is 2.04. The van der Waals surface area contributed by atoms with Crippen molar-refractivity contribution in [3.8, 4) is 28.7 Å². The molecule has 230 valence electrons. The van der Waals surface area contributed by atoms with Gasteiger partial charge >= 0.3 is 0 Å². The maximum Gasteiger partial charge on any atom is 0.254 e. The summed E-state index contributed by atoms with van der Waals surface area (Å²) in [4.78, 5) is 43.1. The van der Waals surface area contributed by atoms with Gasteiger partial charge < -0.3 is 38.8 Å². The molecule has 1 N–H and O–H groups in total. The predicted octanol–water partition coefficient (Wildman–Crippen LogP) is 3.54. The highest BCUT2D eigenvalue weighted by Crippen LogP contribution is 2.33. The fraction of sp³-hybridized carbons (Fsp3) is 0.364. The molecule has 0 spiro atoms. The second kappa shape index (κ2) is 12.8. The Morgan fingerprint density at radius 1 is 1.02 bits per heavy atom. The third-order valence-corrected chi connectivity index (χ3v) is 7.80. The number of likely N-dealkylation sites (N-methyl/N-ethyl adjacent to an activating group) is 1. The number of nitrogens with zero attached hydrogens (tertiary/aromatic N) is 2. The Morgan fingerprint density at radius 2 is 1.89 bits per heavy atom. The molecular weight excluding hydrogens is 566 g/mol. The SMILES string of the molecule is CCOc1cc2cc(c1)C(=O)N(C)CC(=O)N[C@H]1CN(C(=O)Cc3ccc4c(c3)OCO4)CC[C@H]1OCc1cccc(c1)O2. The quantitative estimate of drug-likeness (QED) is 0.483. The van der Waals surface area contributed by atoms with Crippen LogP contribution in [0.2, 0.25) is 0 Å². The number of carbonyl (C=O) groups excluding carboxylic acids is 3. The molecule has 0 aliphatic carbocycles. The van der Waals surface area contributed by atoms with Gasteiger partial charge in [-0.05, 0) is 60.9 Å². The number of hydrogen-bond donors (Lipinski definition) is 1. The standard InChI is InChI=1S/C33H35N3O8/c1-3-40-25-14-23-15-26(16-25)44-24-6-4-5-22(11-24)19-41-28-9-10-36(17-27(28)34-31(37)18-35(2)33(23)39)32(38)13-21-7-8-29-30(12-21)43-20-42-29/h4-8,11-12,14-16,27-28H,3,9-10,13,17-20H2,1-2H3,(H,34,37)/t27-,28+/m0/s1. The van der Waals surface area contributed by atoms with Crippen molar-refractivity contribution in [2.45, 2.75) is 38.5 Å². The maximum absolute atomic E-state index is 13.4. The van der Waals surface area contributed by atoms with Crippen molar-refractivity contribution < 1.29 is 38.1 Å². The lowest BCUT2D eigenvalue weighted by Gasteiger charge is -2.39. The van der Waals surface area contributed by atoms with E-state index in [1.165, 1.54) is 4.90 Å². The molecule has 3 heterocycles. The van der Waals surface area contributed by atoms with Gasteiger partial charge in [-0.3, -0.25) is 14.4 Å². The van der Waals surface area contributed by atoms with Crippen LogP contribution in [0.1, 0.15) is 34.8 Å². The van der Waals surface area contributed by atoms with Crippen molar-refractivity contribution in [2.75, 3.05) is 40.1 Å². The van der Waals surface area contributed by atoms with Crippen molar-refractivity contribution >= 4 is 17.7 Å². The maximum atomic E-state index is 13.4. The van der Waals surface area contributed by atoms with Gasteiger partial charge in [-0.1, -0.05) is 18.2 Å². The Balaban J connectivity index is 1.22. The van der Waals surface area contributed by atoms with Crippen molar-refractivity contribution in [2.24, 2.45) is 0 Å². The molecule has 11 heteroatoms. The number of rotatable bonds is 4. The molecule has 2 atom stereocenters. The van der Waals surface area contributed by atoms with E-state index in [1.54, 1.807) is 36.2 Å². The van der Waals surface area contributed by atoms with Crippen LogP contribution in [-0.4, -0.2) is 79.7 Å². The summed E-state index contributed by atoms with van der Waals surface area (Å²) in [6.07, 6.45) is 0.386. The Kier molecular flexibility index (Phi) is 8.56. The lowest BCUT2D eigenvalue weighted by atomic mass is 10.00. The molecule has 4 bridgehead atoms. The lowest BCUT2D eigenvalue weighted by Crippen LogP contribution is -2.58. The van der Waals surface area contributed by atoms with Crippen LogP contribution in [-0.2, 0) is 27.4 Å². The molecule has 0 unspecified atom stereocenters. The summed E-state index contributed by atoms with van der Waals surface area (Å²) in [7, 11) is 1.57. The predicted molar refractivity (Wildman–Crippen MR) is 159 cm³/mol. The number of benzene rings is 3. The van der Waals surface area contributed by atoms with Crippen LogP contribution in [0, 0.1) is 0 Å². The zero-order valence-electron chi connectivity index (χ0n) is 24.7. The summed E-state index contributed by atoms with van der Waals surface area (Å²) in [5, 5.41) is 3.04. The van der Waals surface area contributed by atoms with Gasteiger partial charge in [-0.2, -0.15) is 0 Å². The first-order chi connectivity index (χ1) is 21.3. The molecule has 3 aliphatic rings. The number of nitrogens with one attached hydrogen (secondary N) is 1. The first-order valence-corrected chi connectivity index (χ1v) is 14.7. The van der Waals surface area contributed by atoms with Crippen LogP contribution in [0.4, 0.5) is 0 Å². The van der Waals surface area contributed by atoms with Crippen molar-refractivity contribution in [1.82, 2.24) is 15.1 Å². The number of likely N-dealkylation sites (tertiary alicyclic amines) is 1. The van der Waals surface area contributed by atoms with E-state index in [9.17, 15) is 14.4 Å². The molecule has 3 amide bonds. The average molecular weight is 602 g/mol. The highest BCUT2D eigenvalue weighted by atomic mass is 16.7. The molecule has 1 saturated heterocycles. The van der Waals surface area contributed by atoms with E-state index in [-0.39, 0.29) is 50.1 Å². The Labute approximate surface area is 255 Å². The molecule has 3 aromatic rings. The van der Waals surface area contributed by atoms with E-state index in [2.05, 4.69) is 5.32 Å². The van der Waals surface area contributed by atoms with Crippen LogP contribution in [0.3, 0.4) is 0 Å². The third kappa shape index (κ3) is 6.73. The second-order valence-corrected chi connectivity index (χ2v) is 11.1. The molecule has 11 nitrogen and oxygen atoms in total. The molecule has 6 rings (SSSR count). The largest absolute Gasteiger partial charge is 0.494 e. The average Bonchev–Trinajstić information content (AvgIpc) is 3.48. The second-order valence-electron chi connectivity index (χ2n) is 11.1. The van der Waals surface area contributed by atoms with Gasteiger partial charge in [0.15, 0.2) is 11.5 Å². The van der Waals surface area contributed by atoms with E-state index < -0.39 is 6.04 Å². The summed E-state index contributed by atoms with van der Waals surface area (Å²) in [6.45, 7) is 3.32. The molecule has 3 aliphatic heterocycles. The third-order valence-electron chi connectivity index (χ3n) is 7.80. The van der Waals surface area contributed by atoms with Crippen LogP contribution in [0.15, 0.2) is 60.7 Å². The summed E-state index contributed by atoms with van der Waals surface area (Å²) >= 11 is 0. The van der Waals surface area contributed by atoms with Crippen molar-refractivity contribution in [3.63, 3.8) is 0 Å². The molecule has 3 aromatic carbocycles. The highest BCUT2D eigenvalue weighted by Gasteiger charge is 2.34. The van der Waals surface area contributed by atoms with Crippen LogP contribution >= 0.6 is 0 Å². The van der Waals surface area contributed by atoms with E-state index >= 15 is 0 Å². The minimum absolute atomic E-state index is 0.0640. The highest BCUT2D eigenvalue weighted by molar-refractivity contribution is 5.97. The monoisotopic (exact) mass is 601 g/mol. The van der Waals surface area contributed by atoms with Gasteiger partial charge in [0, 0.05) is 31.8 Å². The molecule has 0 radical (unpaired) electrons.